The van der Waals surface area contributed by atoms with E-state index in [-0.39, 0.29) is 56.4 Å². The van der Waals surface area contributed by atoms with E-state index in [4.69, 9.17) is 27.9 Å². The standard InChI is InChI=1S/C26H21Cl2N3O6S.Na/c1-3-14-10-17(38(34,35)36)13-21(28)23(14)30-31-24-18-7-5-4-6-15(18)11-19(25(24)32)26(33)29-16-8-9-20(27)22(12-16)37-2;/h4-13,32H,3H2,1-2H3,(H,29,33)(H,34,35,36);/q;+1/p-1. The van der Waals surface area contributed by atoms with Gasteiger partial charge in [0.1, 0.15) is 11.4 Å². The molecule has 39 heavy (non-hydrogen) atoms. The zero-order valence-electron chi connectivity index (χ0n) is 21.0. The summed E-state index contributed by atoms with van der Waals surface area (Å²) in [6.45, 7) is 1.74. The van der Waals surface area contributed by atoms with Gasteiger partial charge in [-0.2, -0.15) is 13.5 Å². The molecule has 0 saturated carbocycles. The molecule has 0 fully saturated rings. The Morgan fingerprint density at radius 3 is 2.38 bits per heavy atom. The van der Waals surface area contributed by atoms with Gasteiger partial charge < -0.3 is 15.2 Å². The molecule has 0 atom stereocenters. The number of methoxy groups -OCH3 is 1. The number of halogens is 2. The second-order valence-corrected chi connectivity index (χ2v) is 10.3. The summed E-state index contributed by atoms with van der Waals surface area (Å²) >= 11 is 12.3. The van der Waals surface area contributed by atoms with Crippen LogP contribution in [0.3, 0.4) is 0 Å². The van der Waals surface area contributed by atoms with Crippen molar-refractivity contribution in [1.29, 1.82) is 0 Å². The molecule has 0 saturated heterocycles. The molecule has 2 N–H and O–H groups in total. The number of rotatable bonds is 7. The molecule has 4 aromatic carbocycles. The van der Waals surface area contributed by atoms with Crippen LogP contribution in [-0.4, -0.2) is 26.0 Å². The zero-order chi connectivity index (χ0) is 27.6. The summed E-state index contributed by atoms with van der Waals surface area (Å²) in [6.07, 6.45) is 0.315. The molecule has 9 nitrogen and oxygen atoms in total. The Kier molecular flexibility index (Phi) is 10.0. The van der Waals surface area contributed by atoms with Crippen LogP contribution in [0.2, 0.25) is 10.0 Å². The monoisotopic (exact) mass is 595 g/mol. The van der Waals surface area contributed by atoms with Crippen LogP contribution >= 0.6 is 23.2 Å². The van der Waals surface area contributed by atoms with E-state index in [0.29, 0.717) is 39.2 Å². The molecular weight excluding hydrogens is 576 g/mol. The summed E-state index contributed by atoms with van der Waals surface area (Å²) in [6, 6.07) is 15.2. The predicted molar refractivity (Wildman–Crippen MR) is 144 cm³/mol. The van der Waals surface area contributed by atoms with Crippen molar-refractivity contribution in [3.05, 3.63) is 81.8 Å². The van der Waals surface area contributed by atoms with Gasteiger partial charge in [0.15, 0.2) is 0 Å². The van der Waals surface area contributed by atoms with Crippen molar-refractivity contribution in [3.8, 4) is 11.5 Å². The summed E-state index contributed by atoms with van der Waals surface area (Å²) in [5.41, 5.74) is 0.615. The number of hydrogen-bond acceptors (Lipinski definition) is 7. The number of aryl methyl sites for hydroxylation is 1. The molecule has 4 aromatic rings. The average molecular weight is 596 g/mol. The number of anilines is 1. The van der Waals surface area contributed by atoms with E-state index in [2.05, 4.69) is 15.5 Å². The van der Waals surface area contributed by atoms with E-state index in [0.717, 1.165) is 6.07 Å². The van der Waals surface area contributed by atoms with Crippen molar-refractivity contribution in [2.75, 3.05) is 12.4 Å². The molecular formula is C26H20Cl2N3NaO6S. The summed E-state index contributed by atoms with van der Waals surface area (Å²) in [7, 11) is -3.05. The van der Waals surface area contributed by atoms with Gasteiger partial charge in [-0.1, -0.05) is 60.1 Å². The fourth-order valence-electron chi connectivity index (χ4n) is 3.77. The largest absolute Gasteiger partial charge is 1.00 e. The number of azo groups is 1. The van der Waals surface area contributed by atoms with Crippen LogP contribution in [-0.2, 0) is 16.5 Å². The summed E-state index contributed by atoms with van der Waals surface area (Å²) in [4.78, 5) is 12.7. The zero-order valence-corrected chi connectivity index (χ0v) is 25.4. The third-order valence-electron chi connectivity index (χ3n) is 5.67. The van der Waals surface area contributed by atoms with Crippen molar-refractivity contribution in [2.45, 2.75) is 18.2 Å². The summed E-state index contributed by atoms with van der Waals surface area (Å²) in [5, 5.41) is 25.7. The third-order valence-corrected chi connectivity index (χ3v) is 7.11. The first-order valence-corrected chi connectivity index (χ1v) is 13.3. The number of carbonyl (C=O) groups is 1. The number of hydrogen-bond donors (Lipinski definition) is 2. The number of nitrogens with one attached hydrogen (secondary N) is 1. The SMILES string of the molecule is CCc1cc(S(=O)(=O)O)cc(Cl)c1N=Nc1c([O-])c(C(=O)Nc2ccc(Cl)c(OC)c2)cc2ccccc12.[Na+]. The van der Waals surface area contributed by atoms with E-state index in [1.165, 1.54) is 25.3 Å². The fourth-order valence-corrected chi connectivity index (χ4v) is 4.87. The van der Waals surface area contributed by atoms with Crippen LogP contribution in [0.25, 0.3) is 10.8 Å². The normalized spacial score (nSPS) is 11.4. The quantitative estimate of drug-likeness (QED) is 0.189. The van der Waals surface area contributed by atoms with Crippen LogP contribution in [0.5, 0.6) is 11.5 Å². The van der Waals surface area contributed by atoms with Gasteiger partial charge in [0.2, 0.25) is 0 Å². The van der Waals surface area contributed by atoms with Crippen LogP contribution < -0.4 is 44.7 Å². The Hall–Kier alpha value is -2.70. The summed E-state index contributed by atoms with van der Waals surface area (Å²) < 4.78 is 37.7. The van der Waals surface area contributed by atoms with Crippen LogP contribution in [0.1, 0.15) is 22.8 Å². The van der Waals surface area contributed by atoms with Crippen molar-refractivity contribution in [2.24, 2.45) is 10.2 Å². The van der Waals surface area contributed by atoms with Crippen LogP contribution in [0.4, 0.5) is 17.1 Å². The van der Waals surface area contributed by atoms with Gasteiger partial charge in [-0.05, 0) is 47.7 Å². The number of carbonyl (C=O) groups excluding carboxylic acids is 1. The topological polar surface area (TPSA) is 140 Å². The van der Waals surface area contributed by atoms with Gasteiger partial charge >= 0.3 is 29.6 Å². The number of nitrogens with zero attached hydrogens (tertiary/aromatic N) is 2. The number of benzene rings is 4. The Labute approximate surface area is 256 Å². The number of ether oxygens (including phenoxy) is 1. The van der Waals surface area contributed by atoms with Crippen LogP contribution in [0, 0.1) is 0 Å². The molecule has 0 bridgehead atoms. The Morgan fingerprint density at radius 2 is 1.72 bits per heavy atom. The van der Waals surface area contributed by atoms with Gasteiger partial charge in [0.25, 0.3) is 16.0 Å². The van der Waals surface area contributed by atoms with E-state index >= 15 is 0 Å². The smallest absolute Gasteiger partial charge is 0.870 e. The predicted octanol–water partition coefficient (Wildman–Crippen LogP) is 3.71. The molecule has 0 aliphatic heterocycles. The molecule has 0 radical (unpaired) electrons. The molecule has 1 amide bonds. The molecule has 0 heterocycles. The second-order valence-electron chi connectivity index (χ2n) is 8.07. The maximum Gasteiger partial charge on any atom is 1.00 e. The first-order valence-electron chi connectivity index (χ1n) is 11.1. The number of amides is 1. The van der Waals surface area contributed by atoms with Crippen LogP contribution in [0.15, 0.2) is 75.8 Å². The minimum atomic E-state index is -4.49. The first-order chi connectivity index (χ1) is 18.0. The Bertz CT molecular complexity index is 1710. The van der Waals surface area contributed by atoms with E-state index in [1.54, 1.807) is 43.3 Å². The van der Waals surface area contributed by atoms with Gasteiger partial charge in [-0.15, -0.1) is 5.11 Å². The minimum Gasteiger partial charge on any atom is -0.870 e. The fraction of sp³-hybridized carbons (Fsp3) is 0.115. The first kappa shape index (κ1) is 30.8. The van der Waals surface area contributed by atoms with Crippen molar-refractivity contribution >= 4 is 67.1 Å². The van der Waals surface area contributed by atoms with Crippen molar-refractivity contribution in [3.63, 3.8) is 0 Å². The maximum absolute atomic E-state index is 13.4. The van der Waals surface area contributed by atoms with Gasteiger partial charge in [-0.25, -0.2) is 0 Å². The van der Waals surface area contributed by atoms with Crippen molar-refractivity contribution < 1.29 is 57.2 Å². The maximum atomic E-state index is 13.4. The van der Waals surface area contributed by atoms with Gasteiger partial charge in [-0.3, -0.25) is 9.35 Å². The average Bonchev–Trinajstić information content (AvgIpc) is 2.88. The van der Waals surface area contributed by atoms with Crippen molar-refractivity contribution in [1.82, 2.24) is 0 Å². The Balaban J connectivity index is 0.00000420. The molecule has 4 rings (SSSR count). The molecule has 0 aliphatic rings. The molecule has 196 valence electrons. The molecule has 0 aliphatic carbocycles. The number of fused-ring (bicyclic) bond motifs is 1. The van der Waals surface area contributed by atoms with Gasteiger partial charge in [0, 0.05) is 22.7 Å². The molecule has 0 aromatic heterocycles. The third kappa shape index (κ3) is 6.72. The van der Waals surface area contributed by atoms with E-state index in [9.17, 15) is 22.9 Å². The Morgan fingerprint density at radius 1 is 1.03 bits per heavy atom. The van der Waals surface area contributed by atoms with E-state index < -0.39 is 21.8 Å². The molecule has 13 heteroatoms. The second kappa shape index (κ2) is 12.6. The molecule has 0 unspecified atom stereocenters. The van der Waals surface area contributed by atoms with Gasteiger partial charge in [0.05, 0.1) is 27.7 Å². The minimum absolute atomic E-state index is 0. The molecule has 0 spiro atoms. The van der Waals surface area contributed by atoms with E-state index in [1.807, 2.05) is 0 Å². The summed E-state index contributed by atoms with van der Waals surface area (Å²) in [5.74, 6) is -0.996.